The van der Waals surface area contributed by atoms with Gasteiger partial charge in [-0.2, -0.15) is 0 Å². The molecule has 5 rings (SSSR count). The van der Waals surface area contributed by atoms with Crippen molar-refractivity contribution in [2.24, 2.45) is 0 Å². The van der Waals surface area contributed by atoms with Gasteiger partial charge in [0, 0.05) is 24.2 Å². The summed E-state index contributed by atoms with van der Waals surface area (Å²) >= 11 is 6.04. The van der Waals surface area contributed by atoms with Gasteiger partial charge in [-0.3, -0.25) is 4.79 Å². The second-order valence-corrected chi connectivity index (χ2v) is 8.12. The van der Waals surface area contributed by atoms with E-state index >= 15 is 0 Å². The molecule has 0 saturated heterocycles. The minimum atomic E-state index is -0.640. The van der Waals surface area contributed by atoms with Gasteiger partial charge in [0.25, 0.3) is 0 Å². The molecule has 2 aromatic carbocycles. The van der Waals surface area contributed by atoms with E-state index in [1.807, 2.05) is 46.7 Å². The van der Waals surface area contributed by atoms with Crippen LogP contribution in [0.25, 0.3) is 10.9 Å². The van der Waals surface area contributed by atoms with Crippen LogP contribution in [-0.2, 0) is 16.1 Å². The number of ether oxygens (including phenoxy) is 1. The zero-order valence-electron chi connectivity index (χ0n) is 17.1. The first-order chi connectivity index (χ1) is 14.9. The highest BCUT2D eigenvalue weighted by molar-refractivity contribution is 6.31. The van der Waals surface area contributed by atoms with Crippen LogP contribution >= 0.6 is 11.6 Å². The Kier molecular flexibility index (Phi) is 4.63. The minimum Gasteiger partial charge on any atom is -0.463 e. The van der Waals surface area contributed by atoms with Gasteiger partial charge >= 0.3 is 5.97 Å². The maximum atomic E-state index is 14.3. The number of hydrogen-bond acceptors (Lipinski definition) is 4. The van der Waals surface area contributed by atoms with Gasteiger partial charge in [-0.25, -0.2) is 9.18 Å². The monoisotopic (exact) mass is 438 g/mol. The third-order valence-corrected chi connectivity index (χ3v) is 6.41. The average molecular weight is 439 g/mol. The molecule has 0 N–H and O–H groups in total. The topological polar surface area (TPSA) is 51.5 Å². The molecule has 0 radical (unpaired) electrons. The normalized spacial score (nSPS) is 17.3. The van der Waals surface area contributed by atoms with Gasteiger partial charge < -0.3 is 14.2 Å². The average Bonchev–Trinajstić information content (AvgIpc) is 3.20. The van der Waals surface area contributed by atoms with Crippen LogP contribution in [-0.4, -0.2) is 23.7 Å². The van der Waals surface area contributed by atoms with Crippen LogP contribution in [0.5, 0.6) is 0 Å². The number of nitrogens with zero attached hydrogens (tertiary/aromatic N) is 2. The molecular weight excluding hydrogens is 419 g/mol. The Morgan fingerprint density at radius 2 is 1.97 bits per heavy atom. The second-order valence-electron chi connectivity index (χ2n) is 7.72. The smallest absolute Gasteiger partial charge is 0.336 e. The number of rotatable bonds is 3. The second kappa shape index (κ2) is 7.24. The minimum absolute atomic E-state index is 0.0241. The van der Waals surface area contributed by atoms with E-state index in [2.05, 4.69) is 0 Å². The van der Waals surface area contributed by atoms with E-state index in [4.69, 9.17) is 16.3 Å². The van der Waals surface area contributed by atoms with Gasteiger partial charge in [0.2, 0.25) is 0 Å². The molecule has 3 aromatic rings. The molecule has 2 aliphatic heterocycles. The van der Waals surface area contributed by atoms with Crippen LogP contribution in [0.15, 0.2) is 58.5 Å². The molecule has 0 bridgehead atoms. The van der Waals surface area contributed by atoms with E-state index in [1.54, 1.807) is 6.92 Å². The summed E-state index contributed by atoms with van der Waals surface area (Å²) in [5.41, 5.74) is 2.78. The highest BCUT2D eigenvalue weighted by Crippen LogP contribution is 2.46. The van der Waals surface area contributed by atoms with E-state index in [0.717, 1.165) is 17.1 Å². The maximum absolute atomic E-state index is 14.3. The van der Waals surface area contributed by atoms with Crippen molar-refractivity contribution < 1.29 is 13.9 Å². The summed E-state index contributed by atoms with van der Waals surface area (Å²) in [6.45, 7) is 5.06. The van der Waals surface area contributed by atoms with E-state index < -0.39 is 17.7 Å². The van der Waals surface area contributed by atoms with Crippen molar-refractivity contribution in [1.82, 2.24) is 4.57 Å². The van der Waals surface area contributed by atoms with E-state index in [0.29, 0.717) is 29.7 Å². The van der Waals surface area contributed by atoms with Crippen molar-refractivity contribution in [3.05, 3.63) is 85.9 Å². The van der Waals surface area contributed by atoms with E-state index in [1.165, 1.54) is 12.1 Å². The highest BCUT2D eigenvalue weighted by atomic mass is 35.5. The van der Waals surface area contributed by atoms with Gasteiger partial charge in [-0.15, -0.1) is 0 Å². The molecule has 0 amide bonds. The first-order valence-electron chi connectivity index (χ1n) is 10.2. The van der Waals surface area contributed by atoms with Crippen LogP contribution < -0.4 is 10.3 Å². The lowest BCUT2D eigenvalue weighted by atomic mass is 9.80. The fourth-order valence-corrected chi connectivity index (χ4v) is 4.97. The Balaban J connectivity index is 1.91. The predicted molar refractivity (Wildman–Crippen MR) is 118 cm³/mol. The number of pyridine rings is 1. The molecule has 0 spiro atoms. The van der Waals surface area contributed by atoms with E-state index in [-0.39, 0.29) is 22.4 Å². The maximum Gasteiger partial charge on any atom is 0.336 e. The molecule has 0 fully saturated rings. The molecule has 1 aromatic heterocycles. The molecule has 3 heterocycles. The number of allylic oxidation sites excluding steroid dienone is 1. The van der Waals surface area contributed by atoms with Gasteiger partial charge in [0.15, 0.2) is 5.43 Å². The van der Waals surface area contributed by atoms with Crippen LogP contribution in [0.3, 0.4) is 0 Å². The third-order valence-electron chi connectivity index (χ3n) is 6.12. The van der Waals surface area contributed by atoms with Crippen molar-refractivity contribution in [2.75, 3.05) is 18.1 Å². The molecule has 1 unspecified atom stereocenters. The van der Waals surface area contributed by atoms with Crippen LogP contribution in [0.4, 0.5) is 10.2 Å². The Labute approximate surface area is 183 Å². The Morgan fingerprint density at radius 1 is 1.23 bits per heavy atom. The fraction of sp³-hybridized carbons (Fsp3) is 0.250. The highest BCUT2D eigenvalue weighted by Gasteiger charge is 2.42. The van der Waals surface area contributed by atoms with Crippen molar-refractivity contribution >= 4 is 34.3 Å². The molecule has 158 valence electrons. The lowest BCUT2D eigenvalue weighted by Crippen LogP contribution is -2.35. The zero-order chi connectivity index (χ0) is 21.9. The molecule has 2 aliphatic rings. The Bertz CT molecular complexity index is 1330. The number of halogens is 2. The zero-order valence-corrected chi connectivity index (χ0v) is 17.9. The van der Waals surface area contributed by atoms with Gasteiger partial charge in [0.05, 0.1) is 34.2 Å². The van der Waals surface area contributed by atoms with E-state index in [9.17, 15) is 14.0 Å². The van der Waals surface area contributed by atoms with Crippen LogP contribution in [0.1, 0.15) is 30.9 Å². The van der Waals surface area contributed by atoms with Gasteiger partial charge in [0.1, 0.15) is 11.6 Å². The summed E-state index contributed by atoms with van der Waals surface area (Å²) in [5.74, 6) is -0.955. The fourth-order valence-electron chi connectivity index (χ4n) is 4.81. The SMILES string of the molecule is CCOC(=O)C1=C(C)N2CCn3c2c(c(=O)c2cc(F)c(Cl)cc23)C1c1ccccc1. The summed E-state index contributed by atoms with van der Waals surface area (Å²) < 4.78 is 21.7. The summed E-state index contributed by atoms with van der Waals surface area (Å²) in [7, 11) is 0. The van der Waals surface area contributed by atoms with Crippen molar-refractivity contribution in [1.29, 1.82) is 0 Å². The first kappa shape index (κ1) is 19.8. The molecule has 1 atom stereocenters. The van der Waals surface area contributed by atoms with Gasteiger partial charge in [-0.05, 0) is 31.5 Å². The number of carbonyl (C=O) groups excluding carboxylic acids is 1. The number of hydrogen-bond donors (Lipinski definition) is 0. The van der Waals surface area contributed by atoms with Crippen molar-refractivity contribution in [3.63, 3.8) is 0 Å². The molecule has 31 heavy (non-hydrogen) atoms. The molecular formula is C24H20ClFN2O3. The number of aromatic nitrogens is 1. The molecule has 0 saturated carbocycles. The summed E-state index contributed by atoms with van der Waals surface area (Å²) in [5, 5.41) is 0.232. The number of anilines is 1. The number of carbonyl (C=O) groups is 1. The summed E-state index contributed by atoms with van der Waals surface area (Å²) in [4.78, 5) is 28.8. The molecule has 7 heteroatoms. The number of esters is 1. The Hall–Kier alpha value is -3.12. The standard InChI is InChI=1S/C24H20ClFN2O3/c1-3-31-24(30)19-13(2)27-9-10-28-18-12-16(25)17(26)11-15(18)22(29)21(23(27)28)20(19)14-7-5-4-6-8-14/h4-8,11-12,20H,3,9-10H2,1-2H3. The molecule has 5 nitrogen and oxygen atoms in total. The summed E-state index contributed by atoms with van der Waals surface area (Å²) in [6, 6.07) is 12.1. The number of benzene rings is 2. The quantitative estimate of drug-likeness (QED) is 0.561. The van der Waals surface area contributed by atoms with Crippen molar-refractivity contribution in [2.45, 2.75) is 26.3 Å². The lowest BCUT2D eigenvalue weighted by molar-refractivity contribution is -0.138. The summed E-state index contributed by atoms with van der Waals surface area (Å²) in [6.07, 6.45) is 0. The van der Waals surface area contributed by atoms with Crippen molar-refractivity contribution in [3.8, 4) is 0 Å². The predicted octanol–water partition coefficient (Wildman–Crippen LogP) is 4.60. The molecule has 0 aliphatic carbocycles. The Morgan fingerprint density at radius 3 is 2.68 bits per heavy atom. The largest absolute Gasteiger partial charge is 0.463 e. The number of fused-ring (bicyclic) bond motifs is 2. The first-order valence-corrected chi connectivity index (χ1v) is 10.6. The third kappa shape index (κ3) is 2.82. The lowest BCUT2D eigenvalue weighted by Gasteiger charge is -2.34. The van der Waals surface area contributed by atoms with Gasteiger partial charge in [-0.1, -0.05) is 41.9 Å². The van der Waals surface area contributed by atoms with Crippen LogP contribution in [0, 0.1) is 5.82 Å². The van der Waals surface area contributed by atoms with Crippen LogP contribution in [0.2, 0.25) is 5.02 Å².